The molecule has 138 valence electrons. The van der Waals surface area contributed by atoms with Crippen molar-refractivity contribution in [3.8, 4) is 5.75 Å². The van der Waals surface area contributed by atoms with E-state index in [-0.39, 0.29) is 24.3 Å². The maximum Gasteiger partial charge on any atom is 0.326 e. The number of amides is 3. The molecule has 3 amide bonds. The first kappa shape index (κ1) is 18.1. The summed E-state index contributed by atoms with van der Waals surface area (Å²) < 4.78 is 10.3. The summed E-state index contributed by atoms with van der Waals surface area (Å²) >= 11 is 0. The van der Waals surface area contributed by atoms with Crippen molar-refractivity contribution >= 4 is 23.7 Å². The van der Waals surface area contributed by atoms with Gasteiger partial charge in [-0.25, -0.2) is 0 Å². The minimum Gasteiger partial charge on any atom is -0.484 e. The summed E-state index contributed by atoms with van der Waals surface area (Å²) in [5, 5.41) is 0. The molecule has 0 spiro atoms. The van der Waals surface area contributed by atoms with Gasteiger partial charge in [0.15, 0.2) is 6.61 Å². The van der Waals surface area contributed by atoms with Crippen molar-refractivity contribution in [1.29, 1.82) is 0 Å². The highest BCUT2D eigenvalue weighted by Crippen LogP contribution is 2.22. The van der Waals surface area contributed by atoms with Crippen LogP contribution in [0.2, 0.25) is 0 Å². The molecule has 0 fully saturated rings. The maximum atomic E-state index is 12.2. The van der Waals surface area contributed by atoms with Gasteiger partial charge in [-0.15, -0.1) is 0 Å². The summed E-state index contributed by atoms with van der Waals surface area (Å²) in [6.07, 6.45) is 0. The predicted octanol–water partition coefficient (Wildman–Crippen LogP) is 0.890. The van der Waals surface area contributed by atoms with E-state index in [9.17, 15) is 19.2 Å². The molecule has 2 aromatic rings. The molecule has 0 saturated carbocycles. The molecule has 0 aliphatic carbocycles. The molecule has 2 N–H and O–H groups in total. The summed E-state index contributed by atoms with van der Waals surface area (Å²) in [5.41, 5.74) is 6.18. The molecule has 0 bridgehead atoms. The number of benzene rings is 2. The molecular formula is C19H16N2O6. The van der Waals surface area contributed by atoms with Crippen LogP contribution in [0.1, 0.15) is 26.3 Å². The van der Waals surface area contributed by atoms with Gasteiger partial charge in [-0.1, -0.05) is 24.3 Å². The van der Waals surface area contributed by atoms with E-state index >= 15 is 0 Å². The normalized spacial score (nSPS) is 12.7. The molecular weight excluding hydrogens is 352 g/mol. The number of esters is 1. The Hall–Kier alpha value is -3.68. The van der Waals surface area contributed by atoms with Gasteiger partial charge >= 0.3 is 5.97 Å². The average molecular weight is 368 g/mol. The van der Waals surface area contributed by atoms with Crippen LogP contribution in [0.15, 0.2) is 48.5 Å². The third-order valence-electron chi connectivity index (χ3n) is 3.84. The van der Waals surface area contributed by atoms with Gasteiger partial charge in [-0.2, -0.15) is 0 Å². The second kappa shape index (κ2) is 7.69. The zero-order chi connectivity index (χ0) is 19.4. The first-order valence-electron chi connectivity index (χ1n) is 8.06. The van der Waals surface area contributed by atoms with Gasteiger partial charge in [0.05, 0.1) is 11.1 Å². The van der Waals surface area contributed by atoms with Crippen LogP contribution < -0.4 is 10.5 Å². The van der Waals surface area contributed by atoms with Crippen LogP contribution in [-0.2, 0) is 20.9 Å². The number of nitrogens with two attached hydrogens (primary N) is 1. The number of hydrogen-bond donors (Lipinski definition) is 1. The summed E-state index contributed by atoms with van der Waals surface area (Å²) in [4.78, 5) is 48.1. The number of carbonyl (C=O) groups excluding carboxylic acids is 4. The van der Waals surface area contributed by atoms with Gasteiger partial charge < -0.3 is 15.2 Å². The molecule has 8 nitrogen and oxygen atoms in total. The Bertz CT molecular complexity index is 889. The average Bonchev–Trinajstić information content (AvgIpc) is 2.90. The SMILES string of the molecule is NC(=O)COc1cccc(COC(=O)CN2C(=O)c3ccccc3C2=O)c1. The molecule has 1 aliphatic heterocycles. The second-order valence-corrected chi connectivity index (χ2v) is 5.81. The molecule has 0 atom stereocenters. The van der Waals surface area contributed by atoms with Gasteiger partial charge in [0, 0.05) is 0 Å². The Balaban J connectivity index is 1.56. The lowest BCUT2D eigenvalue weighted by molar-refractivity contribution is -0.145. The molecule has 27 heavy (non-hydrogen) atoms. The van der Waals surface area contributed by atoms with Gasteiger partial charge in [-0.3, -0.25) is 24.1 Å². The highest BCUT2D eigenvalue weighted by atomic mass is 16.5. The van der Waals surface area contributed by atoms with Crippen LogP contribution in [0.5, 0.6) is 5.75 Å². The number of imide groups is 1. The molecule has 3 rings (SSSR count). The minimum absolute atomic E-state index is 0.0736. The lowest BCUT2D eigenvalue weighted by Crippen LogP contribution is -2.35. The quantitative estimate of drug-likeness (QED) is 0.573. The smallest absolute Gasteiger partial charge is 0.326 e. The van der Waals surface area contributed by atoms with E-state index in [2.05, 4.69) is 0 Å². The second-order valence-electron chi connectivity index (χ2n) is 5.81. The third kappa shape index (κ3) is 4.12. The molecule has 8 heteroatoms. The first-order chi connectivity index (χ1) is 13.0. The van der Waals surface area contributed by atoms with E-state index in [1.807, 2.05) is 0 Å². The van der Waals surface area contributed by atoms with Gasteiger partial charge in [-0.05, 0) is 29.8 Å². The number of ether oxygens (including phenoxy) is 2. The summed E-state index contributed by atoms with van der Waals surface area (Å²) in [5.74, 6) is -1.95. The fourth-order valence-corrected chi connectivity index (χ4v) is 2.60. The Kier molecular flexibility index (Phi) is 5.16. The van der Waals surface area contributed by atoms with E-state index in [0.717, 1.165) is 4.90 Å². The fraction of sp³-hybridized carbons (Fsp3) is 0.158. The van der Waals surface area contributed by atoms with Crippen molar-refractivity contribution in [3.63, 3.8) is 0 Å². The van der Waals surface area contributed by atoms with Gasteiger partial charge in [0.1, 0.15) is 18.9 Å². The highest BCUT2D eigenvalue weighted by Gasteiger charge is 2.36. The molecule has 0 saturated heterocycles. The summed E-state index contributed by atoms with van der Waals surface area (Å²) in [6.45, 7) is -0.803. The van der Waals surface area contributed by atoms with E-state index in [0.29, 0.717) is 11.3 Å². The Morgan fingerprint density at radius 3 is 2.26 bits per heavy atom. The number of primary amides is 1. The highest BCUT2D eigenvalue weighted by molar-refractivity contribution is 6.22. The van der Waals surface area contributed by atoms with Crippen LogP contribution in [-0.4, -0.2) is 41.7 Å². The van der Waals surface area contributed by atoms with Crippen molar-refractivity contribution in [2.75, 3.05) is 13.2 Å². The van der Waals surface area contributed by atoms with Crippen molar-refractivity contribution in [2.45, 2.75) is 6.61 Å². The number of fused-ring (bicyclic) bond motifs is 1. The van der Waals surface area contributed by atoms with Crippen LogP contribution in [0.3, 0.4) is 0 Å². The first-order valence-corrected chi connectivity index (χ1v) is 8.06. The Morgan fingerprint density at radius 2 is 1.63 bits per heavy atom. The number of nitrogens with zero attached hydrogens (tertiary/aromatic N) is 1. The lowest BCUT2D eigenvalue weighted by Gasteiger charge is -2.13. The van der Waals surface area contributed by atoms with E-state index in [1.54, 1.807) is 48.5 Å². The van der Waals surface area contributed by atoms with Crippen molar-refractivity contribution in [3.05, 3.63) is 65.2 Å². The number of carbonyl (C=O) groups is 4. The zero-order valence-electron chi connectivity index (χ0n) is 14.2. The van der Waals surface area contributed by atoms with Gasteiger partial charge in [0.25, 0.3) is 17.7 Å². The molecule has 0 unspecified atom stereocenters. The fourth-order valence-electron chi connectivity index (χ4n) is 2.60. The molecule has 2 aromatic carbocycles. The summed E-state index contributed by atoms with van der Waals surface area (Å²) in [7, 11) is 0. The maximum absolute atomic E-state index is 12.2. The molecule has 0 radical (unpaired) electrons. The van der Waals surface area contributed by atoms with Crippen LogP contribution in [0.4, 0.5) is 0 Å². The van der Waals surface area contributed by atoms with Crippen LogP contribution in [0, 0.1) is 0 Å². The van der Waals surface area contributed by atoms with Crippen molar-refractivity contribution < 1.29 is 28.7 Å². The largest absolute Gasteiger partial charge is 0.484 e. The molecule has 1 heterocycles. The number of hydrogen-bond acceptors (Lipinski definition) is 6. The van der Waals surface area contributed by atoms with E-state index in [4.69, 9.17) is 15.2 Å². The Morgan fingerprint density at radius 1 is 0.963 bits per heavy atom. The topological polar surface area (TPSA) is 116 Å². The predicted molar refractivity (Wildman–Crippen MR) is 92.7 cm³/mol. The van der Waals surface area contributed by atoms with Gasteiger partial charge in [0.2, 0.25) is 0 Å². The minimum atomic E-state index is -0.715. The third-order valence-corrected chi connectivity index (χ3v) is 3.84. The van der Waals surface area contributed by atoms with Crippen LogP contribution in [0.25, 0.3) is 0 Å². The molecule has 1 aliphatic rings. The lowest BCUT2D eigenvalue weighted by atomic mass is 10.1. The summed E-state index contributed by atoms with van der Waals surface area (Å²) in [6, 6.07) is 13.0. The van der Waals surface area contributed by atoms with E-state index in [1.165, 1.54) is 0 Å². The standard InChI is InChI=1S/C19H16N2O6/c20-16(22)11-26-13-5-3-4-12(8-13)10-27-17(23)9-21-18(24)14-6-1-2-7-15(14)19(21)25/h1-8H,9-11H2,(H2,20,22). The number of rotatable bonds is 7. The zero-order valence-corrected chi connectivity index (χ0v) is 14.2. The molecule has 0 aromatic heterocycles. The van der Waals surface area contributed by atoms with Crippen LogP contribution >= 0.6 is 0 Å². The van der Waals surface area contributed by atoms with E-state index < -0.39 is 30.2 Å². The monoisotopic (exact) mass is 368 g/mol. The van der Waals surface area contributed by atoms with Crippen molar-refractivity contribution in [2.24, 2.45) is 5.73 Å². The Labute approximate surface area is 154 Å². The van der Waals surface area contributed by atoms with Crippen molar-refractivity contribution in [1.82, 2.24) is 4.90 Å².